The normalized spacial score (nSPS) is 11.1. The standard InChI is InChI=1S/C20H14N6O2/c21-19-23-9-13-14(10-22-17(13)25-19)18(27)26-20-24-15-8-12(6-7-16(15)28-20)11-4-2-1-3-5-11/h1-10H,(H,24,26,27)(H3,21,22,23,25). The Bertz CT molecular complexity index is 1320. The Morgan fingerprint density at radius 3 is 2.79 bits per heavy atom. The average Bonchev–Trinajstić information content (AvgIpc) is 3.30. The van der Waals surface area contributed by atoms with Crippen LogP contribution in [0.15, 0.2) is 65.3 Å². The monoisotopic (exact) mass is 370 g/mol. The number of nitrogens with zero attached hydrogens (tertiary/aromatic N) is 3. The van der Waals surface area contributed by atoms with Crippen molar-refractivity contribution in [2.45, 2.75) is 0 Å². The van der Waals surface area contributed by atoms with Crippen molar-refractivity contribution in [3.8, 4) is 11.1 Å². The molecule has 0 aliphatic rings. The van der Waals surface area contributed by atoms with Gasteiger partial charge in [0.15, 0.2) is 5.58 Å². The van der Waals surface area contributed by atoms with E-state index in [1.807, 2.05) is 48.5 Å². The van der Waals surface area contributed by atoms with Gasteiger partial charge >= 0.3 is 6.01 Å². The predicted molar refractivity (Wildman–Crippen MR) is 106 cm³/mol. The number of carbonyl (C=O) groups is 1. The zero-order valence-corrected chi connectivity index (χ0v) is 14.5. The van der Waals surface area contributed by atoms with E-state index in [0.717, 1.165) is 11.1 Å². The van der Waals surface area contributed by atoms with Gasteiger partial charge in [-0.3, -0.25) is 10.1 Å². The van der Waals surface area contributed by atoms with Crippen LogP contribution in [0.1, 0.15) is 10.4 Å². The second kappa shape index (κ2) is 6.20. The van der Waals surface area contributed by atoms with Crippen molar-refractivity contribution < 1.29 is 9.21 Å². The minimum Gasteiger partial charge on any atom is -0.423 e. The number of nitrogen functional groups attached to an aromatic ring is 1. The molecule has 8 heteroatoms. The molecule has 5 aromatic rings. The van der Waals surface area contributed by atoms with Crippen LogP contribution >= 0.6 is 0 Å². The van der Waals surface area contributed by atoms with E-state index in [0.29, 0.717) is 27.7 Å². The first-order chi connectivity index (χ1) is 13.7. The molecular weight excluding hydrogens is 356 g/mol. The van der Waals surface area contributed by atoms with Gasteiger partial charge in [-0.25, -0.2) is 4.98 Å². The zero-order chi connectivity index (χ0) is 19.1. The summed E-state index contributed by atoms with van der Waals surface area (Å²) in [4.78, 5) is 27.9. The number of aromatic nitrogens is 4. The summed E-state index contributed by atoms with van der Waals surface area (Å²) in [6, 6.07) is 15.8. The molecule has 0 bridgehead atoms. The molecule has 0 spiro atoms. The summed E-state index contributed by atoms with van der Waals surface area (Å²) >= 11 is 0. The van der Waals surface area contributed by atoms with Gasteiger partial charge < -0.3 is 15.1 Å². The first-order valence-corrected chi connectivity index (χ1v) is 8.54. The Morgan fingerprint density at radius 1 is 1.07 bits per heavy atom. The summed E-state index contributed by atoms with van der Waals surface area (Å²) < 4.78 is 5.65. The molecule has 0 aliphatic heterocycles. The minimum atomic E-state index is -0.380. The number of fused-ring (bicyclic) bond motifs is 2. The number of H-pyrrole nitrogens is 1. The number of anilines is 2. The molecule has 0 atom stereocenters. The third-order valence-corrected chi connectivity index (χ3v) is 4.41. The van der Waals surface area contributed by atoms with Crippen LogP contribution in [-0.2, 0) is 0 Å². The van der Waals surface area contributed by atoms with Crippen molar-refractivity contribution in [3.05, 3.63) is 66.5 Å². The summed E-state index contributed by atoms with van der Waals surface area (Å²) in [6.07, 6.45) is 3.05. The van der Waals surface area contributed by atoms with Gasteiger partial charge in [0.2, 0.25) is 5.95 Å². The van der Waals surface area contributed by atoms with Gasteiger partial charge in [-0.1, -0.05) is 36.4 Å². The third-order valence-electron chi connectivity index (χ3n) is 4.41. The highest BCUT2D eigenvalue weighted by Crippen LogP contribution is 2.26. The van der Waals surface area contributed by atoms with Gasteiger partial charge in [0.1, 0.15) is 11.2 Å². The van der Waals surface area contributed by atoms with Crippen LogP contribution in [0.4, 0.5) is 12.0 Å². The molecule has 4 N–H and O–H groups in total. The SMILES string of the molecule is Nc1ncc2c(C(=O)Nc3nc4cc(-c5ccccc5)ccc4o3)c[nH]c2n1. The number of nitrogens with one attached hydrogen (secondary N) is 2. The van der Waals surface area contributed by atoms with Gasteiger partial charge in [-0.15, -0.1) is 0 Å². The molecule has 0 saturated heterocycles. The van der Waals surface area contributed by atoms with Gasteiger partial charge in [0.05, 0.1) is 10.9 Å². The zero-order valence-electron chi connectivity index (χ0n) is 14.5. The fourth-order valence-electron chi connectivity index (χ4n) is 3.06. The lowest BCUT2D eigenvalue weighted by molar-refractivity contribution is 0.102. The van der Waals surface area contributed by atoms with E-state index < -0.39 is 0 Å². The van der Waals surface area contributed by atoms with Crippen molar-refractivity contribution in [1.29, 1.82) is 0 Å². The van der Waals surface area contributed by atoms with E-state index in [4.69, 9.17) is 10.2 Å². The molecule has 28 heavy (non-hydrogen) atoms. The van der Waals surface area contributed by atoms with E-state index in [2.05, 4.69) is 25.3 Å². The van der Waals surface area contributed by atoms with Crippen LogP contribution in [-0.4, -0.2) is 25.8 Å². The number of nitrogens with two attached hydrogens (primary N) is 1. The molecule has 0 fully saturated rings. The third kappa shape index (κ3) is 2.73. The smallest absolute Gasteiger partial charge is 0.302 e. The number of aromatic amines is 1. The average molecular weight is 370 g/mol. The molecule has 8 nitrogen and oxygen atoms in total. The molecular formula is C20H14N6O2. The number of hydrogen-bond acceptors (Lipinski definition) is 6. The maximum Gasteiger partial charge on any atom is 0.302 e. The second-order valence-electron chi connectivity index (χ2n) is 6.21. The molecule has 3 heterocycles. The molecule has 2 aromatic carbocycles. The number of rotatable bonds is 3. The van der Waals surface area contributed by atoms with Crippen LogP contribution in [0.3, 0.4) is 0 Å². The first kappa shape index (κ1) is 16.0. The molecule has 5 rings (SSSR count). The Balaban J connectivity index is 1.45. The largest absolute Gasteiger partial charge is 0.423 e. The minimum absolute atomic E-state index is 0.121. The lowest BCUT2D eigenvalue weighted by Gasteiger charge is -1.99. The molecule has 136 valence electrons. The maximum absolute atomic E-state index is 12.6. The van der Waals surface area contributed by atoms with Gasteiger partial charge in [-0.05, 0) is 23.3 Å². The summed E-state index contributed by atoms with van der Waals surface area (Å²) in [7, 11) is 0. The lowest BCUT2D eigenvalue weighted by atomic mass is 10.1. The number of carbonyl (C=O) groups excluding carboxylic acids is 1. The fourth-order valence-corrected chi connectivity index (χ4v) is 3.06. The quantitative estimate of drug-likeness (QED) is 0.446. The number of oxazole rings is 1. The van der Waals surface area contributed by atoms with Crippen molar-refractivity contribution in [2.24, 2.45) is 0 Å². The molecule has 0 saturated carbocycles. The second-order valence-corrected chi connectivity index (χ2v) is 6.21. The summed E-state index contributed by atoms with van der Waals surface area (Å²) in [5.41, 5.74) is 9.77. The van der Waals surface area contributed by atoms with E-state index in [9.17, 15) is 4.79 Å². The van der Waals surface area contributed by atoms with Crippen molar-refractivity contribution in [1.82, 2.24) is 19.9 Å². The van der Waals surface area contributed by atoms with Gasteiger partial charge in [0.25, 0.3) is 5.91 Å². The molecule has 3 aromatic heterocycles. The summed E-state index contributed by atoms with van der Waals surface area (Å²) in [5.74, 6) is -0.246. The van der Waals surface area contributed by atoms with E-state index in [-0.39, 0.29) is 17.9 Å². The molecule has 0 unspecified atom stereocenters. The highest BCUT2D eigenvalue weighted by Gasteiger charge is 2.16. The Kier molecular flexibility index (Phi) is 3.55. The topological polar surface area (TPSA) is 123 Å². The number of benzene rings is 2. The van der Waals surface area contributed by atoms with Crippen molar-refractivity contribution >= 4 is 40.0 Å². The van der Waals surface area contributed by atoms with Gasteiger partial charge in [0, 0.05) is 12.4 Å². The van der Waals surface area contributed by atoms with Crippen LogP contribution in [0.2, 0.25) is 0 Å². The highest BCUT2D eigenvalue weighted by molar-refractivity contribution is 6.11. The molecule has 1 amide bonds. The highest BCUT2D eigenvalue weighted by atomic mass is 16.4. The number of amides is 1. The van der Waals surface area contributed by atoms with Crippen LogP contribution in [0, 0.1) is 0 Å². The van der Waals surface area contributed by atoms with E-state index in [1.54, 1.807) is 6.20 Å². The number of hydrogen-bond donors (Lipinski definition) is 3. The summed E-state index contributed by atoms with van der Waals surface area (Å²) in [5, 5.41) is 3.24. The van der Waals surface area contributed by atoms with Crippen molar-refractivity contribution in [2.75, 3.05) is 11.1 Å². The predicted octanol–water partition coefficient (Wildman–Crippen LogP) is 3.60. The fraction of sp³-hybridized carbons (Fsp3) is 0. The Labute approximate surface area is 158 Å². The lowest BCUT2D eigenvalue weighted by Crippen LogP contribution is -2.11. The Hall–Kier alpha value is -4.20. The van der Waals surface area contributed by atoms with E-state index >= 15 is 0 Å². The van der Waals surface area contributed by atoms with E-state index in [1.165, 1.54) is 6.20 Å². The Morgan fingerprint density at radius 2 is 1.93 bits per heavy atom. The molecule has 0 aliphatic carbocycles. The van der Waals surface area contributed by atoms with Crippen LogP contribution < -0.4 is 11.1 Å². The summed E-state index contributed by atoms with van der Waals surface area (Å²) in [6.45, 7) is 0. The first-order valence-electron chi connectivity index (χ1n) is 8.54. The maximum atomic E-state index is 12.6. The van der Waals surface area contributed by atoms with Gasteiger partial charge in [-0.2, -0.15) is 9.97 Å². The van der Waals surface area contributed by atoms with Crippen LogP contribution in [0.25, 0.3) is 33.3 Å². The van der Waals surface area contributed by atoms with Crippen molar-refractivity contribution in [3.63, 3.8) is 0 Å². The van der Waals surface area contributed by atoms with Crippen LogP contribution in [0.5, 0.6) is 0 Å². The molecule has 0 radical (unpaired) electrons.